The molecule has 0 saturated heterocycles. The number of aromatic nitrogens is 2. The van der Waals surface area contributed by atoms with Gasteiger partial charge in [0.15, 0.2) is 0 Å². The zero-order valence-electron chi connectivity index (χ0n) is 13.0. The van der Waals surface area contributed by atoms with Crippen LogP contribution in [0.1, 0.15) is 43.1 Å². The standard InChI is InChI=1S/C14H19N3O3S2/c1-8(2)14-15-11(6-21-14)7-22(19)10(4)13(18)16-12-5-9(3)17-20-12/h5-6,8,10H,7H2,1-4H3,(H,16,18)/t10-,22-/m0/s1. The van der Waals surface area contributed by atoms with E-state index in [2.05, 4.69) is 29.3 Å². The molecule has 1 amide bonds. The maximum Gasteiger partial charge on any atom is 0.242 e. The first-order chi connectivity index (χ1) is 10.4. The Morgan fingerprint density at radius 1 is 1.45 bits per heavy atom. The first kappa shape index (κ1) is 16.8. The van der Waals surface area contributed by atoms with E-state index in [9.17, 15) is 9.00 Å². The summed E-state index contributed by atoms with van der Waals surface area (Å²) in [5.74, 6) is 0.534. The number of hydrogen-bond donors (Lipinski definition) is 1. The van der Waals surface area contributed by atoms with Gasteiger partial charge in [-0.1, -0.05) is 19.0 Å². The number of amides is 1. The summed E-state index contributed by atoms with van der Waals surface area (Å²) in [5.41, 5.74) is 1.44. The zero-order chi connectivity index (χ0) is 16.3. The van der Waals surface area contributed by atoms with Crippen LogP contribution in [0.5, 0.6) is 0 Å². The van der Waals surface area contributed by atoms with Crippen LogP contribution in [0.25, 0.3) is 0 Å². The number of aryl methyl sites for hydroxylation is 1. The Bertz CT molecular complexity index is 678. The van der Waals surface area contributed by atoms with Crippen LogP contribution in [0.2, 0.25) is 0 Å². The van der Waals surface area contributed by atoms with Gasteiger partial charge in [-0.3, -0.25) is 14.3 Å². The van der Waals surface area contributed by atoms with Gasteiger partial charge in [0.2, 0.25) is 11.8 Å². The van der Waals surface area contributed by atoms with E-state index in [0.717, 1.165) is 10.7 Å². The van der Waals surface area contributed by atoms with Gasteiger partial charge in [-0.2, -0.15) is 0 Å². The van der Waals surface area contributed by atoms with Crippen molar-refractivity contribution in [1.82, 2.24) is 10.1 Å². The highest BCUT2D eigenvalue weighted by Gasteiger charge is 2.22. The van der Waals surface area contributed by atoms with Gasteiger partial charge in [-0.25, -0.2) is 4.98 Å². The molecular weight excluding hydrogens is 322 g/mol. The molecule has 0 aliphatic carbocycles. The highest BCUT2D eigenvalue weighted by molar-refractivity contribution is 7.85. The number of carbonyl (C=O) groups is 1. The second-order valence-corrected chi connectivity index (χ2v) is 7.97. The van der Waals surface area contributed by atoms with Crippen molar-refractivity contribution >= 4 is 33.9 Å². The summed E-state index contributed by atoms with van der Waals surface area (Å²) in [7, 11) is -1.34. The lowest BCUT2D eigenvalue weighted by atomic mass is 10.2. The Kier molecular flexibility index (Phi) is 5.47. The molecule has 2 heterocycles. The predicted molar refractivity (Wildman–Crippen MR) is 87.4 cm³/mol. The molecule has 6 nitrogen and oxygen atoms in total. The normalized spacial score (nSPS) is 14.0. The molecule has 2 aromatic rings. The van der Waals surface area contributed by atoms with Crippen LogP contribution in [-0.2, 0) is 21.3 Å². The second-order valence-electron chi connectivity index (χ2n) is 5.32. The molecule has 1 N–H and O–H groups in total. The minimum absolute atomic E-state index is 0.266. The second kappa shape index (κ2) is 7.15. The summed E-state index contributed by atoms with van der Waals surface area (Å²) in [6, 6.07) is 1.61. The maximum atomic E-state index is 12.3. The van der Waals surface area contributed by atoms with Gasteiger partial charge < -0.3 is 4.52 Å². The summed E-state index contributed by atoms with van der Waals surface area (Å²) < 4.78 is 17.2. The van der Waals surface area contributed by atoms with Crippen molar-refractivity contribution in [1.29, 1.82) is 0 Å². The number of thiazole rings is 1. The van der Waals surface area contributed by atoms with Crippen LogP contribution in [0.15, 0.2) is 16.0 Å². The molecule has 8 heteroatoms. The average Bonchev–Trinajstić information content (AvgIpc) is 3.07. The number of anilines is 1. The minimum Gasteiger partial charge on any atom is -0.338 e. The minimum atomic E-state index is -1.34. The quantitative estimate of drug-likeness (QED) is 0.873. The predicted octanol–water partition coefficient (Wildman–Crippen LogP) is 2.84. The van der Waals surface area contributed by atoms with Gasteiger partial charge in [-0.05, 0) is 13.8 Å². The Morgan fingerprint density at radius 3 is 2.73 bits per heavy atom. The average molecular weight is 341 g/mol. The summed E-state index contributed by atoms with van der Waals surface area (Å²) >= 11 is 1.56. The molecule has 0 aliphatic heterocycles. The molecule has 0 fully saturated rings. The molecule has 2 atom stereocenters. The van der Waals surface area contributed by atoms with Crippen LogP contribution in [-0.4, -0.2) is 25.5 Å². The van der Waals surface area contributed by atoms with Crippen molar-refractivity contribution in [2.75, 3.05) is 5.32 Å². The Labute approximate surface area is 135 Å². The smallest absolute Gasteiger partial charge is 0.242 e. The summed E-state index contributed by atoms with van der Waals surface area (Å²) in [4.78, 5) is 16.5. The molecular formula is C14H19N3O3S2. The fourth-order valence-electron chi connectivity index (χ4n) is 1.69. The van der Waals surface area contributed by atoms with Gasteiger partial charge in [0, 0.05) is 28.2 Å². The van der Waals surface area contributed by atoms with Crippen LogP contribution in [0, 0.1) is 6.92 Å². The summed E-state index contributed by atoms with van der Waals surface area (Å²) in [6.45, 7) is 7.52. The van der Waals surface area contributed by atoms with Crippen molar-refractivity contribution in [2.45, 2.75) is 44.6 Å². The molecule has 2 aromatic heterocycles. The van der Waals surface area contributed by atoms with E-state index in [1.807, 2.05) is 5.38 Å². The van der Waals surface area contributed by atoms with E-state index in [-0.39, 0.29) is 17.5 Å². The third-order valence-corrected chi connectivity index (χ3v) is 5.77. The molecule has 0 spiro atoms. The van der Waals surface area contributed by atoms with Crippen molar-refractivity contribution in [3.05, 3.63) is 27.8 Å². The largest absolute Gasteiger partial charge is 0.338 e. The fraction of sp³-hybridized carbons (Fsp3) is 0.500. The molecule has 0 bridgehead atoms. The monoisotopic (exact) mass is 341 g/mol. The maximum absolute atomic E-state index is 12.3. The lowest BCUT2D eigenvalue weighted by molar-refractivity contribution is -0.115. The van der Waals surface area contributed by atoms with E-state index in [0.29, 0.717) is 11.6 Å². The lowest BCUT2D eigenvalue weighted by Gasteiger charge is -2.09. The molecule has 2 rings (SSSR count). The SMILES string of the molecule is Cc1cc(NC(=O)[C@H](C)[S@@](=O)Cc2csc(C(C)C)n2)on1. The Balaban J connectivity index is 1.94. The molecule has 0 radical (unpaired) electrons. The Morgan fingerprint density at radius 2 is 2.18 bits per heavy atom. The molecule has 120 valence electrons. The summed E-state index contributed by atoms with van der Waals surface area (Å²) in [6.07, 6.45) is 0. The van der Waals surface area contributed by atoms with E-state index in [1.54, 1.807) is 31.3 Å². The molecule has 0 aromatic carbocycles. The van der Waals surface area contributed by atoms with Gasteiger partial charge in [0.25, 0.3) is 0 Å². The van der Waals surface area contributed by atoms with E-state index < -0.39 is 16.0 Å². The van der Waals surface area contributed by atoms with E-state index in [1.165, 1.54) is 0 Å². The summed E-state index contributed by atoms with van der Waals surface area (Å²) in [5, 5.41) is 8.52. The van der Waals surface area contributed by atoms with E-state index >= 15 is 0 Å². The van der Waals surface area contributed by atoms with Crippen molar-refractivity contribution in [3.8, 4) is 0 Å². The van der Waals surface area contributed by atoms with Crippen molar-refractivity contribution < 1.29 is 13.5 Å². The molecule has 0 aliphatic rings. The van der Waals surface area contributed by atoms with E-state index in [4.69, 9.17) is 4.52 Å². The highest BCUT2D eigenvalue weighted by atomic mass is 32.2. The van der Waals surface area contributed by atoms with Crippen LogP contribution < -0.4 is 5.32 Å². The van der Waals surface area contributed by atoms with Gasteiger partial charge in [0.05, 0.1) is 22.1 Å². The van der Waals surface area contributed by atoms with Crippen LogP contribution in [0.3, 0.4) is 0 Å². The van der Waals surface area contributed by atoms with Gasteiger partial charge in [0.1, 0.15) is 5.25 Å². The van der Waals surface area contributed by atoms with Crippen LogP contribution in [0.4, 0.5) is 5.88 Å². The first-order valence-electron chi connectivity index (χ1n) is 6.92. The third-order valence-electron chi connectivity index (χ3n) is 2.99. The number of rotatable bonds is 6. The lowest BCUT2D eigenvalue weighted by Crippen LogP contribution is -2.29. The first-order valence-corrected chi connectivity index (χ1v) is 9.18. The van der Waals surface area contributed by atoms with Crippen LogP contribution >= 0.6 is 11.3 Å². The molecule has 22 heavy (non-hydrogen) atoms. The van der Waals surface area contributed by atoms with Crippen molar-refractivity contribution in [2.24, 2.45) is 0 Å². The number of hydrogen-bond acceptors (Lipinski definition) is 6. The fourth-order valence-corrected chi connectivity index (χ4v) is 3.62. The molecule has 0 saturated carbocycles. The zero-order valence-corrected chi connectivity index (χ0v) is 14.6. The number of nitrogens with one attached hydrogen (secondary N) is 1. The number of carbonyl (C=O) groups excluding carboxylic acids is 1. The van der Waals surface area contributed by atoms with Gasteiger partial charge in [-0.15, -0.1) is 11.3 Å². The number of nitrogens with zero attached hydrogens (tertiary/aromatic N) is 2. The topological polar surface area (TPSA) is 85.1 Å². The third kappa shape index (κ3) is 4.23. The highest BCUT2D eigenvalue weighted by Crippen LogP contribution is 2.20. The van der Waals surface area contributed by atoms with Gasteiger partial charge >= 0.3 is 0 Å². The Hall–Kier alpha value is -1.54. The molecule has 0 unspecified atom stereocenters. The van der Waals surface area contributed by atoms with Crippen molar-refractivity contribution in [3.63, 3.8) is 0 Å².